The average molecular weight is 238 g/mol. The Kier molecular flexibility index (Phi) is 5.00. The molecular weight excluding hydrogens is 216 g/mol. The first-order chi connectivity index (χ1) is 7.51. The third-order valence-electron chi connectivity index (χ3n) is 2.79. The predicted molar refractivity (Wildman–Crippen MR) is 68.6 cm³/mol. The molecule has 0 saturated heterocycles. The average Bonchev–Trinajstić information content (AvgIpc) is 2.41. The fourth-order valence-electron chi connectivity index (χ4n) is 1.88. The summed E-state index contributed by atoms with van der Waals surface area (Å²) in [6.07, 6.45) is 7.39. The smallest absolute Gasteiger partial charge is 0.278 e. The lowest BCUT2D eigenvalue weighted by atomic mass is 10.0. The van der Waals surface area contributed by atoms with Crippen molar-refractivity contribution in [1.82, 2.24) is 0 Å². The summed E-state index contributed by atoms with van der Waals surface area (Å²) in [5, 5.41) is 13.0. The Labute approximate surface area is 99.6 Å². The summed E-state index contributed by atoms with van der Waals surface area (Å²) >= 11 is 0. The monoisotopic (exact) mass is 238 g/mol. The molecule has 1 aliphatic carbocycles. The first-order valence-corrected chi connectivity index (χ1v) is 9.53. The van der Waals surface area contributed by atoms with Crippen molar-refractivity contribution in [3.63, 3.8) is 0 Å². The lowest BCUT2D eigenvalue weighted by molar-refractivity contribution is 0.333. The third-order valence-corrected chi connectivity index (χ3v) is 3.45. The Morgan fingerprint density at radius 1 is 1.25 bits per heavy atom. The van der Waals surface area contributed by atoms with Crippen LogP contribution in [-0.4, -0.2) is 14.5 Å². The molecule has 4 heteroatoms. The topological polar surface area (TPSA) is 45.4 Å². The molecule has 0 aromatic heterocycles. The number of rotatable bonds is 3. The fraction of sp³-hybridized carbons (Fsp3) is 0.833. The van der Waals surface area contributed by atoms with Gasteiger partial charge in [-0.15, -0.1) is 5.16 Å². The zero-order chi connectivity index (χ0) is 12.0. The number of nitriles is 1. The van der Waals surface area contributed by atoms with Crippen LogP contribution in [0.1, 0.15) is 32.1 Å². The van der Waals surface area contributed by atoms with Gasteiger partial charge in [-0.05, 0) is 51.2 Å². The highest BCUT2D eigenvalue weighted by Gasteiger charge is 2.18. The van der Waals surface area contributed by atoms with Crippen LogP contribution in [0.2, 0.25) is 19.6 Å². The third kappa shape index (κ3) is 5.31. The summed E-state index contributed by atoms with van der Waals surface area (Å²) in [7, 11) is -1.52. The molecule has 0 aliphatic heterocycles. The molecule has 0 bridgehead atoms. The molecule has 2 atom stereocenters. The molecule has 0 aromatic rings. The molecule has 90 valence electrons. The minimum atomic E-state index is -1.52. The van der Waals surface area contributed by atoms with E-state index in [-0.39, 0.29) is 5.92 Å². The molecule has 0 amide bonds. The summed E-state index contributed by atoms with van der Waals surface area (Å²) in [6.45, 7) is 6.38. The van der Waals surface area contributed by atoms with Gasteiger partial charge in [-0.2, -0.15) is 5.26 Å². The Morgan fingerprint density at radius 2 is 2.00 bits per heavy atom. The summed E-state index contributed by atoms with van der Waals surface area (Å²) in [4.78, 5) is 0. The maximum absolute atomic E-state index is 8.88. The van der Waals surface area contributed by atoms with Crippen molar-refractivity contribution in [3.05, 3.63) is 0 Å². The molecule has 1 rings (SSSR count). The van der Waals surface area contributed by atoms with Gasteiger partial charge in [0.2, 0.25) is 0 Å². The van der Waals surface area contributed by atoms with Crippen LogP contribution in [0.4, 0.5) is 0 Å². The second kappa shape index (κ2) is 6.05. The van der Waals surface area contributed by atoms with E-state index in [1.807, 2.05) is 6.21 Å². The molecule has 1 fully saturated rings. The molecule has 0 radical (unpaired) electrons. The highest BCUT2D eigenvalue weighted by Crippen LogP contribution is 2.25. The van der Waals surface area contributed by atoms with Gasteiger partial charge in [-0.1, -0.05) is 6.42 Å². The molecule has 0 aromatic carbocycles. The molecular formula is C12H22N2OSi. The van der Waals surface area contributed by atoms with Crippen LogP contribution in [0.15, 0.2) is 5.16 Å². The Morgan fingerprint density at radius 3 is 2.62 bits per heavy atom. The van der Waals surface area contributed by atoms with Crippen LogP contribution >= 0.6 is 0 Å². The van der Waals surface area contributed by atoms with Crippen LogP contribution in [-0.2, 0) is 4.53 Å². The normalized spacial score (nSPS) is 27.4. The second-order valence-corrected chi connectivity index (χ2v) is 9.96. The quantitative estimate of drug-likeness (QED) is 0.327. The fourth-order valence-corrected chi connectivity index (χ4v) is 2.26. The van der Waals surface area contributed by atoms with Crippen molar-refractivity contribution in [2.75, 3.05) is 0 Å². The summed E-state index contributed by atoms with van der Waals surface area (Å²) < 4.78 is 5.47. The highest BCUT2D eigenvalue weighted by molar-refractivity contribution is 6.69. The van der Waals surface area contributed by atoms with Gasteiger partial charge in [0.05, 0.1) is 6.07 Å². The molecule has 16 heavy (non-hydrogen) atoms. The van der Waals surface area contributed by atoms with Crippen LogP contribution in [0, 0.1) is 23.2 Å². The van der Waals surface area contributed by atoms with Gasteiger partial charge in [0.25, 0.3) is 8.32 Å². The van der Waals surface area contributed by atoms with E-state index in [1.54, 1.807) is 0 Å². The van der Waals surface area contributed by atoms with Crippen LogP contribution < -0.4 is 0 Å². The van der Waals surface area contributed by atoms with E-state index in [0.717, 1.165) is 32.1 Å². The van der Waals surface area contributed by atoms with Crippen LogP contribution in [0.25, 0.3) is 0 Å². The summed E-state index contributed by atoms with van der Waals surface area (Å²) in [6, 6.07) is 2.38. The van der Waals surface area contributed by atoms with Gasteiger partial charge in [0.15, 0.2) is 0 Å². The van der Waals surface area contributed by atoms with Crippen molar-refractivity contribution >= 4 is 14.5 Å². The predicted octanol–water partition coefficient (Wildman–Crippen LogP) is 3.54. The zero-order valence-electron chi connectivity index (χ0n) is 10.6. The van der Waals surface area contributed by atoms with Gasteiger partial charge < -0.3 is 4.53 Å². The molecule has 0 heterocycles. The van der Waals surface area contributed by atoms with Crippen molar-refractivity contribution in [3.8, 4) is 6.07 Å². The maximum atomic E-state index is 8.88. The molecule has 1 aliphatic rings. The van der Waals surface area contributed by atoms with Gasteiger partial charge in [-0.25, -0.2) is 0 Å². The van der Waals surface area contributed by atoms with E-state index < -0.39 is 8.32 Å². The first kappa shape index (κ1) is 13.2. The van der Waals surface area contributed by atoms with E-state index in [9.17, 15) is 0 Å². The van der Waals surface area contributed by atoms with Crippen LogP contribution in [0.3, 0.4) is 0 Å². The van der Waals surface area contributed by atoms with E-state index in [0.29, 0.717) is 5.92 Å². The molecule has 2 unspecified atom stereocenters. The standard InChI is InChI=1S/C12H22N2OSi/c1-16(2,3)15-14-10-12-6-4-5-11(9-13)7-8-12/h10-12H,4-8H2,1-3H3. The number of hydrogen-bond acceptors (Lipinski definition) is 3. The van der Waals surface area contributed by atoms with Crippen molar-refractivity contribution in [2.45, 2.75) is 51.7 Å². The number of oxime groups is 1. The SMILES string of the molecule is C[Si](C)(C)ON=CC1CCCC(C#N)CC1. The molecule has 3 nitrogen and oxygen atoms in total. The molecule has 0 spiro atoms. The number of hydrogen-bond donors (Lipinski definition) is 0. The van der Waals surface area contributed by atoms with E-state index in [2.05, 4.69) is 30.9 Å². The van der Waals surface area contributed by atoms with Crippen molar-refractivity contribution < 1.29 is 4.53 Å². The Hall–Kier alpha value is -0.823. The van der Waals surface area contributed by atoms with Crippen molar-refractivity contribution in [1.29, 1.82) is 5.26 Å². The summed E-state index contributed by atoms with van der Waals surface area (Å²) in [5.74, 6) is 0.769. The Balaban J connectivity index is 2.36. The first-order valence-electron chi connectivity index (χ1n) is 6.12. The Bertz CT molecular complexity index is 278. The lowest BCUT2D eigenvalue weighted by Crippen LogP contribution is -2.22. The van der Waals surface area contributed by atoms with Crippen LogP contribution in [0.5, 0.6) is 0 Å². The van der Waals surface area contributed by atoms with Gasteiger partial charge >= 0.3 is 0 Å². The number of nitrogens with zero attached hydrogens (tertiary/aromatic N) is 2. The van der Waals surface area contributed by atoms with Gasteiger partial charge in [0.1, 0.15) is 0 Å². The lowest BCUT2D eigenvalue weighted by Gasteiger charge is -2.13. The van der Waals surface area contributed by atoms with Gasteiger partial charge in [0, 0.05) is 12.1 Å². The zero-order valence-corrected chi connectivity index (χ0v) is 11.6. The van der Waals surface area contributed by atoms with E-state index in [1.165, 1.54) is 0 Å². The van der Waals surface area contributed by atoms with Gasteiger partial charge in [-0.3, -0.25) is 0 Å². The van der Waals surface area contributed by atoms with E-state index in [4.69, 9.17) is 9.79 Å². The largest absolute Gasteiger partial charge is 0.456 e. The van der Waals surface area contributed by atoms with E-state index >= 15 is 0 Å². The second-order valence-electron chi connectivity index (χ2n) is 5.55. The minimum absolute atomic E-state index is 0.260. The van der Waals surface area contributed by atoms with Crippen molar-refractivity contribution in [2.24, 2.45) is 17.0 Å². The highest BCUT2D eigenvalue weighted by atomic mass is 28.4. The molecule has 0 N–H and O–H groups in total. The summed E-state index contributed by atoms with van der Waals surface area (Å²) in [5.41, 5.74) is 0. The molecule has 1 saturated carbocycles. The minimum Gasteiger partial charge on any atom is -0.456 e. The maximum Gasteiger partial charge on any atom is 0.278 e.